The van der Waals surface area contributed by atoms with Crippen LogP contribution in [0.15, 0.2) is 461 Å². The molecule has 18 aromatic rings. The standard InChI is InChI=1S/C67H58N2.C64H54N2/c1-66(2)64-19-10-9-18-62(64)63-37-36-61(42-65(63)66)69(60-34-28-55(29-35-60)67-43-46-38-47(44-67)40-48(39-46)45-67)59-32-26-52(27-33-59)54-13-11-12-53(41-54)51-22-20-49(21-23-51)50-24-30-58(31-25-50)68(56-14-5-3-6-15-56)57-16-7-4-8-17-57;1-4-10-49(11-5-1)54-24-32-61(33-25-54)66(63-38-30-57(31-39-63)64-43-46-40-47(44-64)42-48(41-46)45-64)62-36-28-56(29-37-62)53-22-18-51(19-23-53)50-16-20-52(21-17-50)55-26-34-60(35-27-55)65(58-12-6-2-7-13-58)59-14-8-3-9-15-59/h3-37,41-42,46-48H,38-40,43-45H2,1-2H3;1-39,46-48H,40-45H2. The maximum atomic E-state index is 2.50. The monoisotopic (exact) mass is 1740 g/mol. The van der Waals surface area contributed by atoms with Gasteiger partial charge in [-0.05, 0) is 386 Å². The van der Waals surface area contributed by atoms with Crippen LogP contribution in [0, 0.1) is 35.5 Å². The van der Waals surface area contributed by atoms with Crippen molar-refractivity contribution in [1.82, 2.24) is 0 Å². The van der Waals surface area contributed by atoms with Gasteiger partial charge in [0.1, 0.15) is 0 Å². The van der Waals surface area contributed by atoms with Crippen LogP contribution in [0.1, 0.15) is 113 Å². The Morgan fingerprint density at radius 1 is 0.163 bits per heavy atom. The molecule has 27 rings (SSSR count). The SMILES string of the molecule is CC1(C)c2ccccc2-c2ccc(N(c3ccc(-c4cccc(-c5ccc(-c6ccc(N(c7ccccc7)c7ccccc7)cc6)cc5)c4)cc3)c3ccc(C45CC6CC(CC(C6)C4)C5)cc3)cc21.c1ccc(-c2ccc(N(c3ccc(-c4ccc(-c5ccc(-c6ccc(N(c7ccccc7)c7ccccc7)cc6)cc5)cc4)cc3)c3ccc(C45CC6CC(CC(C6)C4)C5)cc3)cc2)cc1. The Kier molecular flexibility index (Phi) is 21.8. The Hall–Kier alpha value is -14.8. The molecule has 0 saturated heterocycles. The fourth-order valence-electron chi connectivity index (χ4n) is 25.9. The number of para-hydroxylation sites is 4. The minimum absolute atomic E-state index is 0.0787. The largest absolute Gasteiger partial charge is 0.311 e. The van der Waals surface area contributed by atoms with Gasteiger partial charge < -0.3 is 19.6 Å². The van der Waals surface area contributed by atoms with Crippen molar-refractivity contribution in [3.63, 3.8) is 0 Å². The third kappa shape index (κ3) is 16.3. The van der Waals surface area contributed by atoms with Gasteiger partial charge in [-0.25, -0.2) is 0 Å². The van der Waals surface area contributed by atoms with Gasteiger partial charge in [0, 0.05) is 73.7 Å². The van der Waals surface area contributed by atoms with Gasteiger partial charge in [0.15, 0.2) is 0 Å². The van der Waals surface area contributed by atoms with E-state index in [0.29, 0.717) is 10.8 Å². The number of fused-ring (bicyclic) bond motifs is 3. The number of anilines is 12. The van der Waals surface area contributed by atoms with Crippen LogP contribution in [0.5, 0.6) is 0 Å². The highest BCUT2D eigenvalue weighted by atomic mass is 15.2. The van der Waals surface area contributed by atoms with Gasteiger partial charge in [-0.15, -0.1) is 0 Å². The van der Waals surface area contributed by atoms with Crippen molar-refractivity contribution in [3.8, 4) is 89.0 Å². The van der Waals surface area contributed by atoms with Gasteiger partial charge in [-0.2, -0.15) is 0 Å². The van der Waals surface area contributed by atoms with E-state index in [9.17, 15) is 0 Å². The van der Waals surface area contributed by atoms with E-state index in [2.05, 4.69) is 494 Å². The molecule has 8 saturated carbocycles. The predicted molar refractivity (Wildman–Crippen MR) is 567 cm³/mol. The number of rotatable bonds is 21. The predicted octanol–water partition coefficient (Wildman–Crippen LogP) is 36.2. The molecule has 8 bridgehead atoms. The summed E-state index contributed by atoms with van der Waals surface area (Å²) in [6, 6.07) is 170. The molecule has 4 heteroatoms. The Morgan fingerprint density at radius 2 is 0.363 bits per heavy atom. The Morgan fingerprint density at radius 3 is 0.652 bits per heavy atom. The quantitative estimate of drug-likeness (QED) is 0.0711. The van der Waals surface area contributed by atoms with Gasteiger partial charge >= 0.3 is 0 Å². The molecule has 0 spiro atoms. The molecular formula is C131H112N4. The van der Waals surface area contributed by atoms with Crippen LogP contribution in [-0.4, -0.2) is 0 Å². The molecule has 8 fully saturated rings. The summed E-state index contributed by atoms with van der Waals surface area (Å²) in [7, 11) is 0. The summed E-state index contributed by atoms with van der Waals surface area (Å²) in [5, 5.41) is 0. The number of hydrogen-bond donors (Lipinski definition) is 0. The second-order valence-corrected chi connectivity index (χ2v) is 40.5. The summed E-state index contributed by atoms with van der Waals surface area (Å²) in [4.78, 5) is 9.51. The lowest BCUT2D eigenvalue weighted by Crippen LogP contribution is -2.48. The van der Waals surface area contributed by atoms with Crippen molar-refractivity contribution in [2.45, 2.75) is 107 Å². The highest BCUT2D eigenvalue weighted by Gasteiger charge is 2.53. The van der Waals surface area contributed by atoms with Crippen LogP contribution >= 0.6 is 0 Å². The molecule has 0 atom stereocenters. The third-order valence-corrected chi connectivity index (χ3v) is 31.7. The van der Waals surface area contributed by atoms with E-state index in [1.54, 1.807) is 11.1 Å². The molecule has 18 aromatic carbocycles. The zero-order valence-electron chi connectivity index (χ0n) is 77.1. The van der Waals surface area contributed by atoms with E-state index in [1.807, 2.05) is 0 Å². The average molecular weight is 1740 g/mol. The number of hydrogen-bond acceptors (Lipinski definition) is 4. The van der Waals surface area contributed by atoms with E-state index in [0.717, 1.165) is 81.0 Å². The molecule has 0 aromatic heterocycles. The number of benzene rings is 18. The van der Waals surface area contributed by atoms with E-state index in [-0.39, 0.29) is 5.41 Å². The first-order chi connectivity index (χ1) is 66.5. The summed E-state index contributed by atoms with van der Waals surface area (Å²) in [5.41, 5.74) is 40.2. The summed E-state index contributed by atoms with van der Waals surface area (Å²) in [6.45, 7) is 4.77. The summed E-state index contributed by atoms with van der Waals surface area (Å²) in [5.74, 6) is 5.60. The maximum absolute atomic E-state index is 2.50. The zero-order valence-corrected chi connectivity index (χ0v) is 77.1. The second kappa shape index (κ2) is 35.3. The highest BCUT2D eigenvalue weighted by molar-refractivity contribution is 5.89. The Bertz CT molecular complexity index is 7050. The van der Waals surface area contributed by atoms with Gasteiger partial charge in [0.05, 0.1) is 0 Å². The molecule has 135 heavy (non-hydrogen) atoms. The molecule has 9 aliphatic rings. The fourth-order valence-corrected chi connectivity index (χ4v) is 25.9. The van der Waals surface area contributed by atoms with Gasteiger partial charge in [-0.1, -0.05) is 323 Å². The van der Waals surface area contributed by atoms with Crippen LogP contribution in [-0.2, 0) is 16.2 Å². The van der Waals surface area contributed by atoms with Crippen LogP contribution in [0.2, 0.25) is 0 Å². The van der Waals surface area contributed by atoms with E-state index in [4.69, 9.17) is 0 Å². The van der Waals surface area contributed by atoms with Crippen molar-refractivity contribution >= 4 is 68.2 Å². The minimum atomic E-state index is -0.0787. The topological polar surface area (TPSA) is 13.0 Å². The smallest absolute Gasteiger partial charge is 0.0465 e. The third-order valence-electron chi connectivity index (χ3n) is 31.7. The molecule has 9 aliphatic carbocycles. The van der Waals surface area contributed by atoms with Gasteiger partial charge in [-0.3, -0.25) is 0 Å². The van der Waals surface area contributed by atoms with Crippen molar-refractivity contribution < 1.29 is 0 Å². The lowest BCUT2D eigenvalue weighted by Gasteiger charge is -2.57. The Balaban J connectivity index is 0.000000148. The van der Waals surface area contributed by atoms with Crippen LogP contribution < -0.4 is 19.6 Å². The molecule has 0 amide bonds. The van der Waals surface area contributed by atoms with Crippen LogP contribution in [0.4, 0.5) is 68.2 Å². The van der Waals surface area contributed by atoms with Crippen LogP contribution in [0.25, 0.3) is 89.0 Å². The van der Waals surface area contributed by atoms with Crippen molar-refractivity contribution in [1.29, 1.82) is 0 Å². The van der Waals surface area contributed by atoms with Crippen molar-refractivity contribution in [3.05, 3.63) is 483 Å². The highest BCUT2D eigenvalue weighted by Crippen LogP contribution is 2.63. The minimum Gasteiger partial charge on any atom is -0.311 e. The lowest BCUT2D eigenvalue weighted by atomic mass is 9.48. The molecule has 0 unspecified atom stereocenters. The molecular weight excluding hydrogens is 1630 g/mol. The fraction of sp³-hybridized carbons (Fsp3) is 0.176. The first-order valence-electron chi connectivity index (χ1n) is 49.3. The molecule has 656 valence electrons. The van der Waals surface area contributed by atoms with Crippen LogP contribution in [0.3, 0.4) is 0 Å². The van der Waals surface area contributed by atoms with Gasteiger partial charge in [0.2, 0.25) is 0 Å². The zero-order chi connectivity index (χ0) is 90.0. The van der Waals surface area contributed by atoms with E-state index in [1.165, 1.54) is 200 Å². The molecule has 0 N–H and O–H groups in total. The Labute approximate surface area is 797 Å². The second-order valence-electron chi connectivity index (χ2n) is 40.5. The maximum Gasteiger partial charge on any atom is 0.0465 e. The van der Waals surface area contributed by atoms with E-state index >= 15 is 0 Å². The summed E-state index contributed by atoms with van der Waals surface area (Å²) in [6.07, 6.45) is 17.1. The summed E-state index contributed by atoms with van der Waals surface area (Å²) >= 11 is 0. The van der Waals surface area contributed by atoms with Crippen molar-refractivity contribution in [2.75, 3.05) is 19.6 Å². The molecule has 0 radical (unpaired) electrons. The summed E-state index contributed by atoms with van der Waals surface area (Å²) < 4.78 is 0. The van der Waals surface area contributed by atoms with Crippen molar-refractivity contribution in [2.24, 2.45) is 35.5 Å². The molecule has 4 nitrogen and oxygen atoms in total. The number of nitrogens with zero attached hydrogens (tertiary/aromatic N) is 4. The molecule has 0 heterocycles. The first-order valence-corrected chi connectivity index (χ1v) is 49.3. The normalized spacial score (nSPS) is 19.8. The first kappa shape index (κ1) is 83.2. The van der Waals surface area contributed by atoms with Gasteiger partial charge in [0.25, 0.3) is 0 Å². The molecule has 0 aliphatic heterocycles. The van der Waals surface area contributed by atoms with E-state index < -0.39 is 0 Å². The average Bonchev–Trinajstić information content (AvgIpc) is 0.913. The lowest BCUT2D eigenvalue weighted by molar-refractivity contribution is -0.00530.